The summed E-state index contributed by atoms with van der Waals surface area (Å²) in [5.41, 5.74) is 1.11. The van der Waals surface area contributed by atoms with E-state index >= 15 is 0 Å². The predicted molar refractivity (Wildman–Crippen MR) is 96.9 cm³/mol. The summed E-state index contributed by atoms with van der Waals surface area (Å²) in [5, 5.41) is 5.34. The molecule has 0 fully saturated rings. The molecule has 0 unspecified atom stereocenters. The van der Waals surface area contributed by atoms with E-state index in [0.717, 1.165) is 10.9 Å². The largest absolute Gasteiger partial charge is 0.481 e. The lowest BCUT2D eigenvalue weighted by Gasteiger charge is -2.17. The lowest BCUT2D eigenvalue weighted by atomic mass is 10.0. The normalized spacial score (nSPS) is 11.9. The molecule has 24 heavy (non-hydrogen) atoms. The summed E-state index contributed by atoms with van der Waals surface area (Å²) >= 11 is 0. The molecule has 3 aromatic rings. The topological polar surface area (TPSA) is 38.3 Å². The molecule has 0 heterocycles. The van der Waals surface area contributed by atoms with E-state index in [9.17, 15) is 4.79 Å². The van der Waals surface area contributed by atoms with Crippen molar-refractivity contribution >= 4 is 16.7 Å². The smallest absolute Gasteiger partial charge is 0.261 e. The number of amides is 1. The van der Waals surface area contributed by atoms with Gasteiger partial charge in [0.25, 0.3) is 5.91 Å². The van der Waals surface area contributed by atoms with Crippen LogP contribution < -0.4 is 10.1 Å². The number of hydrogen-bond donors (Lipinski definition) is 1. The van der Waals surface area contributed by atoms with Gasteiger partial charge in [-0.15, -0.1) is 0 Å². The molecule has 0 aliphatic rings. The van der Waals surface area contributed by atoms with E-state index in [1.54, 1.807) is 0 Å². The highest BCUT2D eigenvalue weighted by Crippen LogP contribution is 2.18. The van der Waals surface area contributed by atoms with Crippen molar-refractivity contribution in [2.45, 2.75) is 26.0 Å². The lowest BCUT2D eigenvalue weighted by molar-refractivity contribution is -0.128. The summed E-state index contributed by atoms with van der Waals surface area (Å²) in [6, 6.07) is 23.8. The molecule has 0 spiro atoms. The Morgan fingerprint density at radius 2 is 1.67 bits per heavy atom. The summed E-state index contributed by atoms with van der Waals surface area (Å²) in [5.74, 6) is 0.624. The molecule has 1 N–H and O–H groups in total. The minimum absolute atomic E-state index is 0.0886. The summed E-state index contributed by atoms with van der Waals surface area (Å²) in [4.78, 5) is 12.5. The average Bonchev–Trinajstić information content (AvgIpc) is 2.65. The van der Waals surface area contributed by atoms with Gasteiger partial charge in [0.1, 0.15) is 5.75 Å². The van der Waals surface area contributed by atoms with Crippen LogP contribution in [0.1, 0.15) is 18.9 Å². The first-order chi connectivity index (χ1) is 11.8. The molecule has 3 heteroatoms. The van der Waals surface area contributed by atoms with E-state index in [2.05, 4.69) is 23.5 Å². The predicted octanol–water partition coefficient (Wildman–Crippen LogP) is 4.31. The number of rotatable bonds is 6. The van der Waals surface area contributed by atoms with E-state index in [1.165, 1.54) is 5.39 Å². The molecule has 3 rings (SSSR count). The Balaban J connectivity index is 1.67. The monoisotopic (exact) mass is 319 g/mol. The SMILES string of the molecule is CC[C@H](Oc1ccccc1)C(=O)NCc1cccc2ccccc12. The second kappa shape index (κ2) is 7.64. The summed E-state index contributed by atoms with van der Waals surface area (Å²) in [6.45, 7) is 2.44. The fourth-order valence-corrected chi connectivity index (χ4v) is 2.73. The first-order valence-electron chi connectivity index (χ1n) is 8.24. The number of ether oxygens (including phenoxy) is 1. The van der Waals surface area contributed by atoms with Crippen LogP contribution in [0, 0.1) is 0 Å². The van der Waals surface area contributed by atoms with Crippen molar-refractivity contribution in [3.05, 3.63) is 78.4 Å². The summed E-state index contributed by atoms with van der Waals surface area (Å²) < 4.78 is 5.79. The number of nitrogens with one attached hydrogen (secondary N) is 1. The zero-order valence-electron chi connectivity index (χ0n) is 13.7. The van der Waals surface area contributed by atoms with E-state index in [4.69, 9.17) is 4.74 Å². The van der Waals surface area contributed by atoms with Gasteiger partial charge in [-0.25, -0.2) is 0 Å². The number of carbonyl (C=O) groups is 1. The van der Waals surface area contributed by atoms with E-state index in [-0.39, 0.29) is 5.91 Å². The molecule has 0 bridgehead atoms. The fraction of sp³-hybridized carbons (Fsp3) is 0.190. The molecule has 3 nitrogen and oxygen atoms in total. The Hall–Kier alpha value is -2.81. The van der Waals surface area contributed by atoms with E-state index in [1.807, 2.05) is 61.5 Å². The van der Waals surface area contributed by atoms with Gasteiger partial charge in [0.15, 0.2) is 6.10 Å². The fourth-order valence-electron chi connectivity index (χ4n) is 2.73. The molecule has 0 saturated heterocycles. The van der Waals surface area contributed by atoms with Crippen LogP contribution in [0.3, 0.4) is 0 Å². The van der Waals surface area contributed by atoms with Crippen LogP contribution >= 0.6 is 0 Å². The Labute approximate surface area is 142 Å². The number of hydrogen-bond acceptors (Lipinski definition) is 2. The van der Waals surface area contributed by atoms with Gasteiger partial charge in [0.05, 0.1) is 0 Å². The molecule has 1 amide bonds. The molecule has 1 atom stereocenters. The second-order valence-electron chi connectivity index (χ2n) is 5.68. The zero-order valence-corrected chi connectivity index (χ0v) is 13.7. The molecule has 0 aromatic heterocycles. The third kappa shape index (κ3) is 3.74. The van der Waals surface area contributed by atoms with Gasteiger partial charge >= 0.3 is 0 Å². The van der Waals surface area contributed by atoms with Crippen molar-refractivity contribution in [1.82, 2.24) is 5.32 Å². The third-order valence-corrected chi connectivity index (χ3v) is 4.02. The van der Waals surface area contributed by atoms with Crippen molar-refractivity contribution in [3.63, 3.8) is 0 Å². The Bertz CT molecular complexity index is 809. The molecular weight excluding hydrogens is 298 g/mol. The van der Waals surface area contributed by atoms with E-state index < -0.39 is 6.10 Å². The van der Waals surface area contributed by atoms with Gasteiger partial charge in [-0.05, 0) is 34.9 Å². The van der Waals surface area contributed by atoms with Crippen LogP contribution in [0.4, 0.5) is 0 Å². The molecular formula is C21H21NO2. The number of carbonyl (C=O) groups excluding carboxylic acids is 1. The first kappa shape index (κ1) is 16.1. The third-order valence-electron chi connectivity index (χ3n) is 4.02. The Morgan fingerprint density at radius 3 is 2.46 bits per heavy atom. The zero-order chi connectivity index (χ0) is 16.8. The maximum absolute atomic E-state index is 12.5. The quantitative estimate of drug-likeness (QED) is 0.735. The lowest BCUT2D eigenvalue weighted by Crippen LogP contribution is -2.37. The summed E-state index contributed by atoms with van der Waals surface area (Å²) in [7, 11) is 0. The second-order valence-corrected chi connectivity index (χ2v) is 5.68. The summed E-state index contributed by atoms with van der Waals surface area (Å²) in [6.07, 6.45) is 0.137. The Kier molecular flexibility index (Phi) is 5.12. The maximum atomic E-state index is 12.5. The standard InChI is InChI=1S/C21H21NO2/c1-2-20(24-18-12-4-3-5-13-18)21(23)22-15-17-11-8-10-16-9-6-7-14-19(16)17/h3-14,20H,2,15H2,1H3,(H,22,23)/t20-/m0/s1. The van der Waals surface area contributed by atoms with Crippen molar-refractivity contribution < 1.29 is 9.53 Å². The minimum Gasteiger partial charge on any atom is -0.481 e. The van der Waals surface area contributed by atoms with E-state index in [0.29, 0.717) is 18.7 Å². The van der Waals surface area contributed by atoms with Crippen molar-refractivity contribution in [3.8, 4) is 5.75 Å². The minimum atomic E-state index is -0.484. The maximum Gasteiger partial charge on any atom is 0.261 e. The highest BCUT2D eigenvalue weighted by molar-refractivity contribution is 5.86. The molecule has 0 aliphatic heterocycles. The number of fused-ring (bicyclic) bond motifs is 1. The van der Waals surface area contributed by atoms with Crippen LogP contribution in [0.5, 0.6) is 5.75 Å². The number of para-hydroxylation sites is 1. The van der Waals surface area contributed by atoms with Crippen LogP contribution in [-0.2, 0) is 11.3 Å². The van der Waals surface area contributed by atoms with Crippen molar-refractivity contribution in [2.24, 2.45) is 0 Å². The molecule has 0 radical (unpaired) electrons. The van der Waals surface area contributed by atoms with Crippen LogP contribution in [0.15, 0.2) is 72.8 Å². The highest BCUT2D eigenvalue weighted by Gasteiger charge is 2.18. The van der Waals surface area contributed by atoms with Crippen LogP contribution in [0.2, 0.25) is 0 Å². The molecule has 0 aliphatic carbocycles. The van der Waals surface area contributed by atoms with Gasteiger partial charge < -0.3 is 10.1 Å². The van der Waals surface area contributed by atoms with Gasteiger partial charge in [-0.1, -0.05) is 67.6 Å². The van der Waals surface area contributed by atoms with Gasteiger partial charge in [-0.2, -0.15) is 0 Å². The number of benzene rings is 3. The Morgan fingerprint density at radius 1 is 0.958 bits per heavy atom. The average molecular weight is 319 g/mol. The molecule has 122 valence electrons. The van der Waals surface area contributed by atoms with Crippen LogP contribution in [0.25, 0.3) is 10.8 Å². The van der Waals surface area contributed by atoms with Gasteiger partial charge in [-0.3, -0.25) is 4.79 Å². The molecule has 3 aromatic carbocycles. The first-order valence-corrected chi connectivity index (χ1v) is 8.24. The van der Waals surface area contributed by atoms with Gasteiger partial charge in [0.2, 0.25) is 0 Å². The van der Waals surface area contributed by atoms with Crippen molar-refractivity contribution in [2.75, 3.05) is 0 Å². The van der Waals surface area contributed by atoms with Gasteiger partial charge in [0, 0.05) is 6.54 Å². The highest BCUT2D eigenvalue weighted by atomic mass is 16.5. The van der Waals surface area contributed by atoms with Crippen molar-refractivity contribution in [1.29, 1.82) is 0 Å². The van der Waals surface area contributed by atoms with Crippen LogP contribution in [-0.4, -0.2) is 12.0 Å². The molecule has 0 saturated carbocycles.